The number of aryl methyl sites for hydroxylation is 1. The molecular formula is C28H31N5O2. The lowest BCUT2D eigenvalue weighted by Crippen LogP contribution is -2.28. The number of pyridine rings is 1. The molecule has 0 atom stereocenters. The molecule has 7 nitrogen and oxygen atoms in total. The van der Waals surface area contributed by atoms with Gasteiger partial charge < -0.3 is 24.8 Å². The Morgan fingerprint density at radius 1 is 1.20 bits per heavy atom. The average molecular weight is 470 g/mol. The number of fused-ring (bicyclic) bond motifs is 1. The Hall–Kier alpha value is -4.10. The first-order chi connectivity index (χ1) is 17.0. The zero-order valence-corrected chi connectivity index (χ0v) is 20.4. The first-order valence-corrected chi connectivity index (χ1v) is 11.6. The third kappa shape index (κ3) is 5.53. The van der Waals surface area contributed by atoms with Gasteiger partial charge >= 0.3 is 0 Å². The van der Waals surface area contributed by atoms with Crippen molar-refractivity contribution >= 4 is 28.2 Å². The molecular weight excluding hydrogens is 438 g/mol. The van der Waals surface area contributed by atoms with E-state index in [0.29, 0.717) is 18.2 Å². The van der Waals surface area contributed by atoms with Gasteiger partial charge in [-0.2, -0.15) is 0 Å². The monoisotopic (exact) mass is 469 g/mol. The van der Waals surface area contributed by atoms with E-state index in [-0.39, 0.29) is 5.91 Å². The minimum absolute atomic E-state index is 0.254. The molecule has 0 fully saturated rings. The standard InChI is InChI=1S/C28H31N5O2/c1-5-27(34)31-24-16-20(10-11-26(24)32(3)15-14-29-2)19-35-28-17-21(12-13-30-28)23-18-33(4)25-9-7-6-8-22(23)25/h5-13,16-18,29H,1,14-15,19H2,2-4H3,(H,31,34). The highest BCUT2D eigenvalue weighted by Crippen LogP contribution is 2.32. The van der Waals surface area contributed by atoms with Crippen LogP contribution in [0.15, 0.2) is 79.6 Å². The van der Waals surface area contributed by atoms with Crippen LogP contribution in [0.5, 0.6) is 5.88 Å². The van der Waals surface area contributed by atoms with E-state index in [0.717, 1.165) is 35.5 Å². The van der Waals surface area contributed by atoms with E-state index >= 15 is 0 Å². The predicted molar refractivity (Wildman–Crippen MR) is 143 cm³/mol. The van der Waals surface area contributed by atoms with Crippen molar-refractivity contribution in [3.63, 3.8) is 0 Å². The molecule has 0 saturated heterocycles. The van der Waals surface area contributed by atoms with Gasteiger partial charge in [-0.3, -0.25) is 4.79 Å². The number of anilines is 2. The molecule has 35 heavy (non-hydrogen) atoms. The fourth-order valence-electron chi connectivity index (χ4n) is 4.07. The molecule has 180 valence electrons. The maximum absolute atomic E-state index is 12.0. The quantitative estimate of drug-likeness (QED) is 0.332. The van der Waals surface area contributed by atoms with Crippen LogP contribution in [0.4, 0.5) is 11.4 Å². The summed E-state index contributed by atoms with van der Waals surface area (Å²) >= 11 is 0. The molecule has 0 saturated carbocycles. The number of carbonyl (C=O) groups is 1. The lowest BCUT2D eigenvalue weighted by Gasteiger charge is -2.23. The van der Waals surface area contributed by atoms with Gasteiger partial charge in [0.2, 0.25) is 11.8 Å². The van der Waals surface area contributed by atoms with Gasteiger partial charge in [0.05, 0.1) is 11.4 Å². The summed E-state index contributed by atoms with van der Waals surface area (Å²) < 4.78 is 8.18. The van der Waals surface area contributed by atoms with Crippen molar-refractivity contribution in [1.82, 2.24) is 14.9 Å². The van der Waals surface area contributed by atoms with Gasteiger partial charge in [0, 0.05) is 62.1 Å². The van der Waals surface area contributed by atoms with Crippen molar-refractivity contribution < 1.29 is 9.53 Å². The molecule has 1 amide bonds. The number of nitrogens with one attached hydrogen (secondary N) is 2. The largest absolute Gasteiger partial charge is 0.473 e. The number of amides is 1. The van der Waals surface area contributed by atoms with Crippen molar-refractivity contribution in [2.75, 3.05) is 37.4 Å². The molecule has 2 heterocycles. The third-order valence-electron chi connectivity index (χ3n) is 5.94. The second kappa shape index (κ2) is 10.9. The summed E-state index contributed by atoms with van der Waals surface area (Å²) in [7, 11) is 5.96. The first-order valence-electron chi connectivity index (χ1n) is 11.6. The number of ether oxygens (including phenoxy) is 1. The molecule has 2 aromatic carbocycles. The molecule has 0 bridgehead atoms. The molecule has 0 unspecified atom stereocenters. The molecule has 0 aliphatic carbocycles. The van der Waals surface area contributed by atoms with Crippen LogP contribution in [0.1, 0.15) is 5.56 Å². The van der Waals surface area contributed by atoms with Crippen LogP contribution in [0.3, 0.4) is 0 Å². The Morgan fingerprint density at radius 2 is 2.03 bits per heavy atom. The number of benzene rings is 2. The number of likely N-dealkylation sites (N-methyl/N-ethyl adjacent to an activating group) is 2. The lowest BCUT2D eigenvalue weighted by molar-refractivity contribution is -0.111. The molecule has 4 rings (SSSR count). The Labute approximate surface area is 206 Å². The summed E-state index contributed by atoms with van der Waals surface area (Å²) in [5.41, 5.74) is 5.93. The van der Waals surface area contributed by atoms with Crippen molar-refractivity contribution in [2.45, 2.75) is 6.61 Å². The molecule has 0 aliphatic heterocycles. The number of carbonyl (C=O) groups excluding carboxylic acids is 1. The highest BCUT2D eigenvalue weighted by molar-refractivity contribution is 6.01. The maximum atomic E-state index is 12.0. The molecule has 0 radical (unpaired) electrons. The van der Waals surface area contributed by atoms with Crippen molar-refractivity contribution in [3.8, 4) is 17.0 Å². The van der Waals surface area contributed by atoms with E-state index in [1.807, 2.05) is 63.6 Å². The van der Waals surface area contributed by atoms with Crippen LogP contribution >= 0.6 is 0 Å². The Balaban J connectivity index is 1.54. The average Bonchev–Trinajstić information content (AvgIpc) is 3.23. The number of hydrogen-bond acceptors (Lipinski definition) is 5. The number of aromatic nitrogens is 2. The van der Waals surface area contributed by atoms with E-state index in [2.05, 4.69) is 50.0 Å². The molecule has 4 aromatic rings. The van der Waals surface area contributed by atoms with Gasteiger partial charge in [-0.1, -0.05) is 30.8 Å². The second-order valence-corrected chi connectivity index (χ2v) is 8.41. The molecule has 0 spiro atoms. The van der Waals surface area contributed by atoms with Crippen LogP contribution in [0.2, 0.25) is 0 Å². The highest BCUT2D eigenvalue weighted by Gasteiger charge is 2.12. The number of rotatable bonds is 10. The Bertz CT molecular complexity index is 1340. The summed E-state index contributed by atoms with van der Waals surface area (Å²) in [6.45, 7) is 5.51. The smallest absolute Gasteiger partial charge is 0.247 e. The predicted octanol–water partition coefficient (Wildman–Crippen LogP) is 4.60. The topological polar surface area (TPSA) is 71.4 Å². The third-order valence-corrected chi connectivity index (χ3v) is 5.94. The van der Waals surface area contributed by atoms with E-state index in [4.69, 9.17) is 4.74 Å². The van der Waals surface area contributed by atoms with Gasteiger partial charge in [-0.15, -0.1) is 0 Å². The number of para-hydroxylation sites is 1. The van der Waals surface area contributed by atoms with Gasteiger partial charge in [0.25, 0.3) is 0 Å². The SMILES string of the molecule is C=CC(=O)Nc1cc(COc2cc(-c3cn(C)c4ccccc34)ccn2)ccc1N(C)CCNC. The summed E-state index contributed by atoms with van der Waals surface area (Å²) in [5.74, 6) is 0.290. The van der Waals surface area contributed by atoms with E-state index < -0.39 is 0 Å². The van der Waals surface area contributed by atoms with Crippen LogP contribution in [-0.4, -0.2) is 42.6 Å². The molecule has 2 N–H and O–H groups in total. The Morgan fingerprint density at radius 3 is 2.83 bits per heavy atom. The van der Waals surface area contributed by atoms with Crippen LogP contribution in [-0.2, 0) is 18.4 Å². The second-order valence-electron chi connectivity index (χ2n) is 8.41. The van der Waals surface area contributed by atoms with E-state index in [1.165, 1.54) is 17.0 Å². The van der Waals surface area contributed by atoms with Gasteiger partial charge in [0.15, 0.2) is 0 Å². The summed E-state index contributed by atoms with van der Waals surface area (Å²) in [6.07, 6.45) is 5.16. The van der Waals surface area contributed by atoms with Crippen LogP contribution < -0.4 is 20.3 Å². The molecule has 0 aliphatic rings. The maximum Gasteiger partial charge on any atom is 0.247 e. The summed E-state index contributed by atoms with van der Waals surface area (Å²) in [4.78, 5) is 18.5. The van der Waals surface area contributed by atoms with Crippen LogP contribution in [0, 0.1) is 0 Å². The zero-order valence-electron chi connectivity index (χ0n) is 20.4. The normalized spacial score (nSPS) is 10.8. The highest BCUT2D eigenvalue weighted by atomic mass is 16.5. The minimum atomic E-state index is -0.254. The molecule has 2 aromatic heterocycles. The van der Waals surface area contributed by atoms with Gasteiger partial charge in [-0.25, -0.2) is 4.98 Å². The molecule has 7 heteroatoms. The number of hydrogen-bond donors (Lipinski definition) is 2. The van der Waals surface area contributed by atoms with Crippen LogP contribution in [0.25, 0.3) is 22.0 Å². The zero-order chi connectivity index (χ0) is 24.8. The Kier molecular flexibility index (Phi) is 7.48. The summed E-state index contributed by atoms with van der Waals surface area (Å²) in [6, 6.07) is 18.2. The number of nitrogens with zero attached hydrogens (tertiary/aromatic N) is 3. The van der Waals surface area contributed by atoms with Gasteiger partial charge in [0.1, 0.15) is 6.61 Å². The van der Waals surface area contributed by atoms with Crippen molar-refractivity contribution in [1.29, 1.82) is 0 Å². The summed E-state index contributed by atoms with van der Waals surface area (Å²) in [5, 5.41) is 7.24. The van der Waals surface area contributed by atoms with E-state index in [1.54, 1.807) is 6.20 Å². The minimum Gasteiger partial charge on any atom is -0.473 e. The van der Waals surface area contributed by atoms with E-state index in [9.17, 15) is 4.79 Å². The van der Waals surface area contributed by atoms with Crippen molar-refractivity contribution in [3.05, 3.63) is 85.2 Å². The fraction of sp³-hybridized carbons (Fsp3) is 0.214. The van der Waals surface area contributed by atoms with Gasteiger partial charge in [-0.05, 0) is 48.5 Å². The first kappa shape index (κ1) is 24.0. The van der Waals surface area contributed by atoms with Crippen molar-refractivity contribution in [2.24, 2.45) is 7.05 Å². The fourth-order valence-corrected chi connectivity index (χ4v) is 4.07. The lowest BCUT2D eigenvalue weighted by atomic mass is 10.1.